The minimum Gasteiger partial charge on any atom is -0.369 e. The molecule has 0 bridgehead atoms. The first-order valence-corrected chi connectivity index (χ1v) is 8.60. The lowest BCUT2D eigenvalue weighted by molar-refractivity contribution is 0.128. The van der Waals surface area contributed by atoms with Crippen molar-refractivity contribution in [2.45, 2.75) is 45.7 Å². The average molecular weight is 354 g/mol. The molecule has 4 heteroatoms. The largest absolute Gasteiger partial charge is 0.369 e. The quantitative estimate of drug-likeness (QED) is 0.904. The van der Waals surface area contributed by atoms with Gasteiger partial charge in [0.15, 0.2) is 0 Å². The van der Waals surface area contributed by atoms with Crippen LogP contribution in [0.1, 0.15) is 33.3 Å². The Bertz CT molecular complexity index is 471. The summed E-state index contributed by atoms with van der Waals surface area (Å²) in [7, 11) is 0. The van der Waals surface area contributed by atoms with E-state index in [0.29, 0.717) is 0 Å². The summed E-state index contributed by atoms with van der Waals surface area (Å²) in [6, 6.07) is 6.88. The van der Waals surface area contributed by atoms with Crippen LogP contribution in [0.3, 0.4) is 0 Å². The summed E-state index contributed by atoms with van der Waals surface area (Å²) >= 11 is 3.69. The van der Waals surface area contributed by atoms with Crippen molar-refractivity contribution in [3.63, 3.8) is 0 Å². The lowest BCUT2D eigenvalue weighted by Crippen LogP contribution is -2.53. The number of hydrogen-bond acceptors (Lipinski definition) is 3. The van der Waals surface area contributed by atoms with E-state index in [1.54, 1.807) is 0 Å². The molecule has 0 spiro atoms. The molecule has 0 saturated carbocycles. The fourth-order valence-corrected chi connectivity index (χ4v) is 3.41. The van der Waals surface area contributed by atoms with E-state index in [1.807, 2.05) is 6.92 Å². The van der Waals surface area contributed by atoms with Crippen molar-refractivity contribution in [1.82, 2.24) is 4.90 Å². The van der Waals surface area contributed by atoms with E-state index in [0.717, 1.165) is 32.6 Å². The first kappa shape index (κ1) is 16.8. The second-order valence-corrected chi connectivity index (χ2v) is 7.96. The molecule has 1 aliphatic rings. The third-order valence-electron chi connectivity index (χ3n) is 4.17. The topological polar surface area (TPSA) is 32.5 Å². The molecule has 3 nitrogen and oxygen atoms in total. The zero-order chi connectivity index (χ0) is 15.6. The first-order valence-electron chi connectivity index (χ1n) is 7.81. The van der Waals surface area contributed by atoms with Gasteiger partial charge >= 0.3 is 0 Å². The van der Waals surface area contributed by atoms with Crippen molar-refractivity contribution in [1.29, 1.82) is 0 Å². The molecule has 1 fully saturated rings. The van der Waals surface area contributed by atoms with Crippen molar-refractivity contribution < 1.29 is 0 Å². The standard InChI is InChI=1S/C17H28BrN3/c1-13(19)11-14-5-6-15(12-16(14)18)20-7-9-21(10-8-20)17(2,3)4/h5-6,12-13H,7-11,19H2,1-4H3. The van der Waals surface area contributed by atoms with Crippen LogP contribution in [0, 0.1) is 0 Å². The van der Waals surface area contributed by atoms with E-state index in [-0.39, 0.29) is 11.6 Å². The zero-order valence-electron chi connectivity index (χ0n) is 13.7. The van der Waals surface area contributed by atoms with Crippen LogP contribution < -0.4 is 10.6 Å². The normalized spacial score (nSPS) is 18.9. The number of anilines is 1. The Labute approximate surface area is 137 Å². The molecular weight excluding hydrogens is 326 g/mol. The second kappa shape index (κ2) is 6.67. The Morgan fingerprint density at radius 1 is 1.19 bits per heavy atom. The van der Waals surface area contributed by atoms with Crippen LogP contribution in [0.2, 0.25) is 0 Å². The van der Waals surface area contributed by atoms with Gasteiger partial charge in [0, 0.05) is 47.9 Å². The molecular formula is C17H28BrN3. The Kier molecular flexibility index (Phi) is 5.33. The molecule has 1 aromatic carbocycles. The summed E-state index contributed by atoms with van der Waals surface area (Å²) in [5.74, 6) is 0. The van der Waals surface area contributed by atoms with Gasteiger partial charge in [-0.05, 0) is 51.8 Å². The summed E-state index contributed by atoms with van der Waals surface area (Å²) in [6.45, 7) is 13.4. The molecule has 1 atom stereocenters. The van der Waals surface area contributed by atoms with Crippen molar-refractivity contribution in [2.24, 2.45) is 5.73 Å². The summed E-state index contributed by atoms with van der Waals surface area (Å²) in [6.07, 6.45) is 0.915. The predicted molar refractivity (Wildman–Crippen MR) is 95.0 cm³/mol. The lowest BCUT2D eigenvalue weighted by Gasteiger charge is -2.43. The van der Waals surface area contributed by atoms with E-state index < -0.39 is 0 Å². The number of piperazine rings is 1. The van der Waals surface area contributed by atoms with Crippen LogP contribution in [0.5, 0.6) is 0 Å². The molecule has 1 aromatic rings. The Morgan fingerprint density at radius 3 is 2.29 bits per heavy atom. The fraction of sp³-hybridized carbons (Fsp3) is 0.647. The smallest absolute Gasteiger partial charge is 0.0378 e. The molecule has 1 saturated heterocycles. The van der Waals surface area contributed by atoms with Crippen LogP contribution in [0.15, 0.2) is 22.7 Å². The van der Waals surface area contributed by atoms with Crippen molar-refractivity contribution in [3.05, 3.63) is 28.2 Å². The Morgan fingerprint density at radius 2 is 1.81 bits per heavy atom. The van der Waals surface area contributed by atoms with Crippen molar-refractivity contribution in [3.8, 4) is 0 Å². The second-order valence-electron chi connectivity index (χ2n) is 7.10. The zero-order valence-corrected chi connectivity index (χ0v) is 15.3. The van der Waals surface area contributed by atoms with Crippen LogP contribution >= 0.6 is 15.9 Å². The van der Waals surface area contributed by atoms with E-state index in [4.69, 9.17) is 5.73 Å². The molecule has 0 radical (unpaired) electrons. The number of benzene rings is 1. The molecule has 1 aliphatic heterocycles. The van der Waals surface area contributed by atoms with Gasteiger partial charge in [-0.15, -0.1) is 0 Å². The molecule has 1 unspecified atom stereocenters. The van der Waals surface area contributed by atoms with Gasteiger partial charge in [0.1, 0.15) is 0 Å². The molecule has 2 rings (SSSR count). The third kappa shape index (κ3) is 4.44. The van der Waals surface area contributed by atoms with Gasteiger partial charge in [0.2, 0.25) is 0 Å². The molecule has 21 heavy (non-hydrogen) atoms. The third-order valence-corrected chi connectivity index (χ3v) is 4.91. The number of nitrogens with two attached hydrogens (primary N) is 1. The number of hydrogen-bond donors (Lipinski definition) is 1. The predicted octanol–water partition coefficient (Wildman–Crippen LogP) is 3.26. The first-order chi connectivity index (χ1) is 9.77. The van der Waals surface area contributed by atoms with Crippen molar-refractivity contribution >= 4 is 21.6 Å². The van der Waals surface area contributed by atoms with Gasteiger partial charge in [-0.2, -0.15) is 0 Å². The average Bonchev–Trinajstić information content (AvgIpc) is 2.40. The highest BCUT2D eigenvalue weighted by atomic mass is 79.9. The fourth-order valence-electron chi connectivity index (χ4n) is 2.88. The van der Waals surface area contributed by atoms with Crippen LogP contribution in [0.4, 0.5) is 5.69 Å². The van der Waals surface area contributed by atoms with Gasteiger partial charge < -0.3 is 10.6 Å². The van der Waals surface area contributed by atoms with E-state index in [1.165, 1.54) is 15.7 Å². The minimum atomic E-state index is 0.197. The maximum Gasteiger partial charge on any atom is 0.0378 e. The summed E-state index contributed by atoms with van der Waals surface area (Å²) in [5.41, 5.74) is 8.77. The molecule has 0 aliphatic carbocycles. The monoisotopic (exact) mass is 353 g/mol. The van der Waals surface area contributed by atoms with E-state index in [2.05, 4.69) is 64.7 Å². The van der Waals surface area contributed by atoms with Crippen LogP contribution in [0.25, 0.3) is 0 Å². The Balaban J connectivity index is 2.02. The number of nitrogens with zero attached hydrogens (tertiary/aromatic N) is 2. The SMILES string of the molecule is CC(N)Cc1ccc(N2CCN(C(C)(C)C)CC2)cc1Br. The lowest BCUT2D eigenvalue weighted by atomic mass is 10.0. The molecule has 1 heterocycles. The van der Waals surface area contributed by atoms with Gasteiger partial charge in [0.05, 0.1) is 0 Å². The summed E-state index contributed by atoms with van der Waals surface area (Å²) < 4.78 is 1.18. The number of halogens is 1. The van der Waals surface area contributed by atoms with E-state index >= 15 is 0 Å². The van der Waals surface area contributed by atoms with Gasteiger partial charge in [-0.25, -0.2) is 0 Å². The molecule has 0 amide bonds. The van der Waals surface area contributed by atoms with Gasteiger partial charge in [-0.1, -0.05) is 22.0 Å². The summed E-state index contributed by atoms with van der Waals surface area (Å²) in [5, 5.41) is 0. The van der Waals surface area contributed by atoms with Gasteiger partial charge in [0.25, 0.3) is 0 Å². The van der Waals surface area contributed by atoms with Crippen molar-refractivity contribution in [2.75, 3.05) is 31.1 Å². The number of rotatable bonds is 3. The highest BCUT2D eigenvalue weighted by Gasteiger charge is 2.25. The van der Waals surface area contributed by atoms with E-state index in [9.17, 15) is 0 Å². The van der Waals surface area contributed by atoms with Crippen LogP contribution in [-0.4, -0.2) is 42.7 Å². The molecule has 2 N–H and O–H groups in total. The maximum atomic E-state index is 5.89. The maximum absolute atomic E-state index is 5.89. The summed E-state index contributed by atoms with van der Waals surface area (Å²) in [4.78, 5) is 5.03. The minimum absolute atomic E-state index is 0.197. The molecule has 0 aromatic heterocycles. The van der Waals surface area contributed by atoms with Crippen LogP contribution in [-0.2, 0) is 6.42 Å². The highest BCUT2D eigenvalue weighted by Crippen LogP contribution is 2.27. The Hall–Kier alpha value is -0.580. The highest BCUT2D eigenvalue weighted by molar-refractivity contribution is 9.10. The van der Waals surface area contributed by atoms with Gasteiger partial charge in [-0.3, -0.25) is 4.90 Å². The molecule has 118 valence electrons.